The fraction of sp³-hybridized carbons (Fsp3) is 0.222. The van der Waals surface area contributed by atoms with Gasteiger partial charge < -0.3 is 20.9 Å². The molecule has 0 fully saturated rings. The number of nitrogens with one attached hydrogen (secondary N) is 1. The zero-order valence-electron chi connectivity index (χ0n) is 8.19. The van der Waals surface area contributed by atoms with Gasteiger partial charge >= 0.3 is 11.9 Å². The Labute approximate surface area is 90.2 Å². The number of amides is 1. The van der Waals surface area contributed by atoms with E-state index in [9.17, 15) is 9.59 Å². The van der Waals surface area contributed by atoms with E-state index in [-0.39, 0.29) is 6.61 Å². The summed E-state index contributed by atoms with van der Waals surface area (Å²) in [6.07, 6.45) is 1.32. The number of carbonyl (C=O) groups is 2. The van der Waals surface area contributed by atoms with Crippen LogP contribution in [0.1, 0.15) is 11.1 Å². The van der Waals surface area contributed by atoms with Crippen molar-refractivity contribution < 1.29 is 19.4 Å². The molecule has 0 saturated heterocycles. The molecular weight excluding hydrogens is 214 g/mol. The molecular formula is C9H9N3O4. The van der Waals surface area contributed by atoms with Gasteiger partial charge in [-0.1, -0.05) is 0 Å². The number of nitrogens with two attached hydrogens (primary N) is 1. The first-order valence-corrected chi connectivity index (χ1v) is 4.48. The van der Waals surface area contributed by atoms with Crippen LogP contribution in [0.15, 0.2) is 6.20 Å². The standard InChI is InChI=1S/C9H9N3O4/c10-7-5-3-16-2-4(5)6(1-11-7)12-8(13)9(14)15/h1H,2-3H2,(H2,10,11)(H,12,13)(H,14,15). The second-order valence-electron chi connectivity index (χ2n) is 3.27. The van der Waals surface area contributed by atoms with E-state index in [1.54, 1.807) is 0 Å². The number of anilines is 2. The molecule has 1 aromatic rings. The van der Waals surface area contributed by atoms with Gasteiger partial charge in [0.2, 0.25) is 0 Å². The predicted octanol–water partition coefficient (Wildman–Crippen LogP) is -0.283. The zero-order valence-corrected chi connectivity index (χ0v) is 8.19. The van der Waals surface area contributed by atoms with E-state index in [1.807, 2.05) is 0 Å². The first-order valence-electron chi connectivity index (χ1n) is 4.48. The third-order valence-corrected chi connectivity index (χ3v) is 2.27. The monoisotopic (exact) mass is 223 g/mol. The number of hydrogen-bond donors (Lipinski definition) is 3. The van der Waals surface area contributed by atoms with Crippen molar-refractivity contribution in [2.75, 3.05) is 11.1 Å². The quantitative estimate of drug-likeness (QED) is 0.564. The molecule has 0 spiro atoms. The molecule has 1 amide bonds. The number of aliphatic carboxylic acids is 1. The number of fused-ring (bicyclic) bond motifs is 1. The number of hydrogen-bond acceptors (Lipinski definition) is 5. The highest BCUT2D eigenvalue weighted by atomic mass is 16.5. The summed E-state index contributed by atoms with van der Waals surface area (Å²) in [5.74, 6) is -2.33. The van der Waals surface area contributed by atoms with Gasteiger partial charge in [-0.25, -0.2) is 9.78 Å². The molecule has 1 aliphatic heterocycles. The van der Waals surface area contributed by atoms with Crippen molar-refractivity contribution in [1.29, 1.82) is 0 Å². The van der Waals surface area contributed by atoms with Crippen molar-refractivity contribution in [3.63, 3.8) is 0 Å². The van der Waals surface area contributed by atoms with Crippen molar-refractivity contribution in [3.8, 4) is 0 Å². The molecule has 0 saturated carbocycles. The molecule has 2 heterocycles. The Balaban J connectivity index is 2.33. The normalized spacial score (nSPS) is 13.2. The summed E-state index contributed by atoms with van der Waals surface area (Å²) in [5, 5.41) is 10.7. The fourth-order valence-electron chi connectivity index (χ4n) is 1.47. The van der Waals surface area contributed by atoms with Crippen LogP contribution in [0.2, 0.25) is 0 Å². The highest BCUT2D eigenvalue weighted by molar-refractivity contribution is 6.36. The number of carboxylic acid groups (broad SMARTS) is 1. The van der Waals surface area contributed by atoms with Gasteiger partial charge in [0.25, 0.3) is 0 Å². The van der Waals surface area contributed by atoms with Gasteiger partial charge in [0, 0.05) is 11.1 Å². The summed E-state index contributed by atoms with van der Waals surface area (Å²) in [5.41, 5.74) is 7.32. The summed E-state index contributed by atoms with van der Waals surface area (Å²) in [6, 6.07) is 0. The van der Waals surface area contributed by atoms with E-state index in [1.165, 1.54) is 6.20 Å². The second-order valence-corrected chi connectivity index (χ2v) is 3.27. The summed E-state index contributed by atoms with van der Waals surface area (Å²) in [7, 11) is 0. The SMILES string of the molecule is Nc1ncc(NC(=O)C(=O)O)c2c1COC2. The van der Waals surface area contributed by atoms with Crippen molar-refractivity contribution in [1.82, 2.24) is 4.98 Å². The minimum absolute atomic E-state index is 0.289. The molecule has 4 N–H and O–H groups in total. The van der Waals surface area contributed by atoms with Gasteiger partial charge in [0.1, 0.15) is 5.82 Å². The average Bonchev–Trinajstić information content (AvgIpc) is 2.71. The highest BCUT2D eigenvalue weighted by Crippen LogP contribution is 2.29. The van der Waals surface area contributed by atoms with E-state index >= 15 is 0 Å². The van der Waals surface area contributed by atoms with Crippen molar-refractivity contribution in [2.45, 2.75) is 13.2 Å². The van der Waals surface area contributed by atoms with Gasteiger partial charge in [-0.3, -0.25) is 4.79 Å². The van der Waals surface area contributed by atoms with E-state index in [4.69, 9.17) is 15.6 Å². The Kier molecular flexibility index (Phi) is 2.45. The number of carbonyl (C=O) groups excluding carboxylic acids is 1. The van der Waals surface area contributed by atoms with Gasteiger partial charge in [0.15, 0.2) is 0 Å². The fourth-order valence-corrected chi connectivity index (χ4v) is 1.47. The molecule has 1 aliphatic rings. The molecule has 7 nitrogen and oxygen atoms in total. The molecule has 0 atom stereocenters. The van der Waals surface area contributed by atoms with Gasteiger partial charge in [-0.2, -0.15) is 0 Å². The largest absolute Gasteiger partial charge is 0.474 e. The first kappa shape index (κ1) is 10.4. The van der Waals surface area contributed by atoms with Crippen LogP contribution in [-0.4, -0.2) is 22.0 Å². The van der Waals surface area contributed by atoms with Gasteiger partial charge in [-0.15, -0.1) is 0 Å². The minimum atomic E-state index is -1.55. The molecule has 2 rings (SSSR count). The lowest BCUT2D eigenvalue weighted by Gasteiger charge is -2.08. The van der Waals surface area contributed by atoms with Crippen molar-refractivity contribution in [2.24, 2.45) is 0 Å². The highest BCUT2D eigenvalue weighted by Gasteiger charge is 2.21. The smallest absolute Gasteiger partial charge is 0.394 e. The van der Waals surface area contributed by atoms with Crippen LogP contribution in [0.4, 0.5) is 11.5 Å². The van der Waals surface area contributed by atoms with Crippen molar-refractivity contribution in [3.05, 3.63) is 17.3 Å². The topological polar surface area (TPSA) is 115 Å². The van der Waals surface area contributed by atoms with Gasteiger partial charge in [-0.05, 0) is 0 Å². The average molecular weight is 223 g/mol. The predicted molar refractivity (Wildman–Crippen MR) is 53.4 cm³/mol. The second kappa shape index (κ2) is 3.78. The maximum absolute atomic E-state index is 11.0. The molecule has 0 bridgehead atoms. The summed E-state index contributed by atoms with van der Waals surface area (Å²) >= 11 is 0. The summed E-state index contributed by atoms with van der Waals surface area (Å²) in [4.78, 5) is 25.2. The molecule has 1 aromatic heterocycles. The third-order valence-electron chi connectivity index (χ3n) is 2.27. The number of pyridine rings is 1. The van der Waals surface area contributed by atoms with E-state index in [2.05, 4.69) is 10.3 Å². The number of nitrogen functional groups attached to an aromatic ring is 1. The van der Waals surface area contributed by atoms with Crippen LogP contribution < -0.4 is 11.1 Å². The van der Waals surface area contributed by atoms with Crippen LogP contribution in [0.5, 0.6) is 0 Å². The Hall–Kier alpha value is -2.15. The zero-order chi connectivity index (χ0) is 11.7. The lowest BCUT2D eigenvalue weighted by Crippen LogP contribution is -2.22. The first-order chi connectivity index (χ1) is 7.59. The molecule has 84 valence electrons. The van der Waals surface area contributed by atoms with Crippen LogP contribution in [0.3, 0.4) is 0 Å². The molecule has 0 unspecified atom stereocenters. The third kappa shape index (κ3) is 1.68. The van der Waals surface area contributed by atoms with E-state index in [0.29, 0.717) is 29.2 Å². The summed E-state index contributed by atoms with van der Waals surface area (Å²) < 4.78 is 5.16. The maximum Gasteiger partial charge on any atom is 0.394 e. The van der Waals surface area contributed by atoms with Crippen molar-refractivity contribution >= 4 is 23.4 Å². The van der Waals surface area contributed by atoms with Gasteiger partial charge in [0.05, 0.1) is 25.1 Å². The molecule has 0 radical (unpaired) electrons. The minimum Gasteiger partial charge on any atom is -0.474 e. The lowest BCUT2D eigenvalue weighted by atomic mass is 10.1. The number of ether oxygens (including phenoxy) is 1. The number of rotatable bonds is 1. The molecule has 7 heteroatoms. The lowest BCUT2D eigenvalue weighted by molar-refractivity contribution is -0.147. The Morgan fingerprint density at radius 2 is 2.12 bits per heavy atom. The van der Waals surface area contributed by atoms with Crippen LogP contribution in [0.25, 0.3) is 0 Å². The van der Waals surface area contributed by atoms with Crippen LogP contribution in [0, 0.1) is 0 Å². The van der Waals surface area contributed by atoms with E-state index in [0.717, 1.165) is 0 Å². The number of aromatic nitrogens is 1. The van der Waals surface area contributed by atoms with Crippen LogP contribution >= 0.6 is 0 Å². The molecule has 0 aliphatic carbocycles. The Bertz CT molecular complexity index is 472. The molecule has 16 heavy (non-hydrogen) atoms. The Morgan fingerprint density at radius 1 is 1.44 bits per heavy atom. The Morgan fingerprint density at radius 3 is 2.81 bits per heavy atom. The number of carboxylic acids is 1. The summed E-state index contributed by atoms with van der Waals surface area (Å²) in [6.45, 7) is 0.613. The molecule has 0 aromatic carbocycles. The van der Waals surface area contributed by atoms with E-state index < -0.39 is 11.9 Å². The van der Waals surface area contributed by atoms with Crippen LogP contribution in [-0.2, 0) is 27.5 Å². The maximum atomic E-state index is 11.0. The number of nitrogens with zero attached hydrogens (tertiary/aromatic N) is 1.